The highest BCUT2D eigenvalue weighted by molar-refractivity contribution is 5.91. The molecule has 2 rings (SSSR count). The molecule has 0 bridgehead atoms. The van der Waals surface area contributed by atoms with Crippen molar-refractivity contribution >= 4 is 5.91 Å². The van der Waals surface area contributed by atoms with Gasteiger partial charge < -0.3 is 20.1 Å². The van der Waals surface area contributed by atoms with Crippen LogP contribution in [0.15, 0.2) is 12.0 Å². The monoisotopic (exact) mass is 198 g/mol. The zero-order chi connectivity index (χ0) is 9.80. The fraction of sp³-hybridized carbons (Fsp3) is 0.667. The normalized spacial score (nSPS) is 26.0. The molecule has 0 spiro atoms. The zero-order valence-electron chi connectivity index (χ0n) is 7.91. The van der Waals surface area contributed by atoms with E-state index in [1.807, 2.05) is 0 Å². The highest BCUT2D eigenvalue weighted by Crippen LogP contribution is 2.05. The first-order valence-corrected chi connectivity index (χ1v) is 4.82. The van der Waals surface area contributed by atoms with Crippen LogP contribution in [0.4, 0.5) is 0 Å². The van der Waals surface area contributed by atoms with Gasteiger partial charge in [0, 0.05) is 12.6 Å². The number of nitrogens with one attached hydrogen (secondary N) is 2. The Balaban J connectivity index is 1.84. The molecule has 78 valence electrons. The van der Waals surface area contributed by atoms with Gasteiger partial charge in [0.05, 0.1) is 0 Å². The molecule has 0 aliphatic carbocycles. The third-order valence-corrected chi connectivity index (χ3v) is 2.27. The summed E-state index contributed by atoms with van der Waals surface area (Å²) in [6, 6.07) is 0.217. The number of rotatable bonds is 2. The van der Waals surface area contributed by atoms with Crippen molar-refractivity contribution in [2.24, 2.45) is 0 Å². The maximum Gasteiger partial charge on any atom is 0.289 e. The lowest BCUT2D eigenvalue weighted by Gasteiger charge is -2.17. The minimum Gasteiger partial charge on any atom is -0.494 e. The molecule has 0 aromatic carbocycles. The van der Waals surface area contributed by atoms with Crippen LogP contribution in [0.3, 0.4) is 0 Å². The van der Waals surface area contributed by atoms with Gasteiger partial charge >= 0.3 is 0 Å². The molecule has 0 saturated carbocycles. The van der Waals surface area contributed by atoms with Crippen LogP contribution in [0.5, 0.6) is 0 Å². The van der Waals surface area contributed by atoms with Crippen molar-refractivity contribution in [3.63, 3.8) is 0 Å². The topological polar surface area (TPSA) is 59.6 Å². The molecule has 1 amide bonds. The second-order valence-electron chi connectivity index (χ2n) is 3.36. The number of hydrogen-bond donors (Lipinski definition) is 2. The van der Waals surface area contributed by atoms with Crippen molar-refractivity contribution in [3.8, 4) is 0 Å². The smallest absolute Gasteiger partial charge is 0.289 e. The van der Waals surface area contributed by atoms with E-state index in [2.05, 4.69) is 10.6 Å². The van der Waals surface area contributed by atoms with Crippen LogP contribution >= 0.6 is 0 Å². The van der Waals surface area contributed by atoms with E-state index in [0.29, 0.717) is 13.2 Å². The summed E-state index contributed by atoms with van der Waals surface area (Å²) in [7, 11) is 0. The van der Waals surface area contributed by atoms with Gasteiger partial charge in [0.25, 0.3) is 5.91 Å². The van der Waals surface area contributed by atoms with Crippen molar-refractivity contribution in [3.05, 3.63) is 12.0 Å². The summed E-state index contributed by atoms with van der Waals surface area (Å²) < 4.78 is 10.2. The van der Waals surface area contributed by atoms with Gasteiger partial charge in [-0.2, -0.15) is 0 Å². The molecule has 1 saturated heterocycles. The first kappa shape index (κ1) is 9.33. The predicted octanol–water partition coefficient (Wildman–Crippen LogP) is -0.647. The summed E-state index contributed by atoms with van der Waals surface area (Å²) in [5, 5.41) is 6.05. The highest BCUT2D eigenvalue weighted by Gasteiger charge is 2.21. The molecule has 5 heteroatoms. The van der Waals surface area contributed by atoms with E-state index >= 15 is 0 Å². The summed E-state index contributed by atoms with van der Waals surface area (Å²) in [6.07, 6.45) is 2.35. The Bertz CT molecular complexity index is 246. The molecule has 2 N–H and O–H groups in total. The van der Waals surface area contributed by atoms with Gasteiger partial charge in [-0.1, -0.05) is 0 Å². The number of amides is 1. The number of hydrogen-bond acceptors (Lipinski definition) is 4. The van der Waals surface area contributed by atoms with E-state index in [1.54, 1.807) is 0 Å². The predicted molar refractivity (Wildman–Crippen MR) is 49.4 cm³/mol. The van der Waals surface area contributed by atoms with Crippen LogP contribution in [0.2, 0.25) is 0 Å². The van der Waals surface area contributed by atoms with Gasteiger partial charge in [0.1, 0.15) is 19.5 Å². The van der Waals surface area contributed by atoms with Crippen LogP contribution in [-0.2, 0) is 14.3 Å². The van der Waals surface area contributed by atoms with Crippen LogP contribution in [-0.4, -0.2) is 38.3 Å². The molecule has 0 aromatic rings. The Kier molecular flexibility index (Phi) is 2.88. The lowest BCUT2D eigenvalue weighted by Crippen LogP contribution is -2.38. The summed E-state index contributed by atoms with van der Waals surface area (Å²) in [4.78, 5) is 11.5. The van der Waals surface area contributed by atoms with E-state index in [9.17, 15) is 4.79 Å². The molecular formula is C9H14N2O3. The molecule has 2 aliphatic heterocycles. The van der Waals surface area contributed by atoms with Crippen LogP contribution in [0.25, 0.3) is 0 Å². The van der Waals surface area contributed by atoms with Crippen LogP contribution in [0.1, 0.15) is 6.42 Å². The summed E-state index contributed by atoms with van der Waals surface area (Å²) in [6.45, 7) is 2.76. The van der Waals surface area contributed by atoms with Gasteiger partial charge in [-0.05, 0) is 13.0 Å². The Morgan fingerprint density at radius 2 is 2.50 bits per heavy atom. The average molecular weight is 198 g/mol. The van der Waals surface area contributed by atoms with Crippen molar-refractivity contribution < 1.29 is 14.3 Å². The third-order valence-electron chi connectivity index (χ3n) is 2.27. The standard InChI is InChI=1S/C9H14N2O3/c12-9(8-6-13-3-4-14-8)11-7-1-2-10-5-7/h6-7,10H,1-5H2,(H,11,12)/t7-/m1/s1. The van der Waals surface area contributed by atoms with Crippen molar-refractivity contribution in [1.82, 2.24) is 10.6 Å². The first-order valence-electron chi connectivity index (χ1n) is 4.82. The first-order chi connectivity index (χ1) is 6.86. The number of carbonyl (C=O) groups is 1. The number of carbonyl (C=O) groups excluding carboxylic acids is 1. The molecule has 0 radical (unpaired) electrons. The maximum atomic E-state index is 11.5. The highest BCUT2D eigenvalue weighted by atomic mass is 16.6. The fourth-order valence-electron chi connectivity index (χ4n) is 1.52. The molecule has 0 aromatic heterocycles. The molecule has 1 atom stereocenters. The molecule has 14 heavy (non-hydrogen) atoms. The Hall–Kier alpha value is -1.23. The summed E-state index contributed by atoms with van der Waals surface area (Å²) in [5.41, 5.74) is 0. The molecule has 2 aliphatic rings. The minimum absolute atomic E-state index is 0.182. The summed E-state index contributed by atoms with van der Waals surface area (Å²) in [5.74, 6) is 0.0987. The molecule has 1 fully saturated rings. The Morgan fingerprint density at radius 3 is 3.14 bits per heavy atom. The zero-order valence-corrected chi connectivity index (χ0v) is 7.91. The summed E-state index contributed by atoms with van der Waals surface area (Å²) >= 11 is 0. The molecule has 2 heterocycles. The van der Waals surface area contributed by atoms with E-state index in [-0.39, 0.29) is 17.7 Å². The number of ether oxygens (including phenoxy) is 2. The van der Waals surface area contributed by atoms with E-state index in [1.165, 1.54) is 6.26 Å². The van der Waals surface area contributed by atoms with E-state index in [4.69, 9.17) is 9.47 Å². The fourth-order valence-corrected chi connectivity index (χ4v) is 1.52. The van der Waals surface area contributed by atoms with Gasteiger partial charge in [-0.25, -0.2) is 0 Å². The van der Waals surface area contributed by atoms with Crippen molar-refractivity contribution in [2.75, 3.05) is 26.3 Å². The van der Waals surface area contributed by atoms with Gasteiger partial charge in [0.2, 0.25) is 5.76 Å². The van der Waals surface area contributed by atoms with Gasteiger partial charge in [-0.15, -0.1) is 0 Å². The van der Waals surface area contributed by atoms with Crippen LogP contribution < -0.4 is 10.6 Å². The Labute approximate surface area is 82.4 Å². The second kappa shape index (κ2) is 4.32. The lowest BCUT2D eigenvalue weighted by molar-refractivity contribution is -0.122. The Morgan fingerprint density at radius 1 is 1.57 bits per heavy atom. The van der Waals surface area contributed by atoms with Crippen molar-refractivity contribution in [2.45, 2.75) is 12.5 Å². The van der Waals surface area contributed by atoms with Gasteiger partial charge in [0.15, 0.2) is 0 Å². The lowest BCUT2D eigenvalue weighted by atomic mass is 10.2. The molecule has 5 nitrogen and oxygen atoms in total. The average Bonchev–Trinajstić information content (AvgIpc) is 2.72. The molecule has 0 unspecified atom stereocenters. The third kappa shape index (κ3) is 2.17. The SMILES string of the molecule is O=C(N[C@@H]1CCNC1)C1=COCCO1. The van der Waals surface area contributed by atoms with E-state index < -0.39 is 0 Å². The maximum absolute atomic E-state index is 11.5. The largest absolute Gasteiger partial charge is 0.494 e. The molecular weight excluding hydrogens is 184 g/mol. The van der Waals surface area contributed by atoms with Crippen LogP contribution in [0, 0.1) is 0 Å². The second-order valence-corrected chi connectivity index (χ2v) is 3.36. The van der Waals surface area contributed by atoms with Crippen molar-refractivity contribution in [1.29, 1.82) is 0 Å². The van der Waals surface area contributed by atoms with Gasteiger partial charge in [-0.3, -0.25) is 4.79 Å². The quantitative estimate of drug-likeness (QED) is 0.619. The van der Waals surface area contributed by atoms with E-state index in [0.717, 1.165) is 19.5 Å². The minimum atomic E-state index is -0.182.